The van der Waals surface area contributed by atoms with Crippen LogP contribution in [0, 0.1) is 0 Å². The average molecular weight is 253 g/mol. The number of aromatic nitrogens is 3. The van der Waals surface area contributed by atoms with Gasteiger partial charge in [-0.15, -0.1) is 0 Å². The van der Waals surface area contributed by atoms with Crippen molar-refractivity contribution in [1.29, 1.82) is 0 Å². The maximum atomic E-state index is 5.50. The Bertz CT molecular complexity index is 421. The second kappa shape index (κ2) is 3.89. The van der Waals surface area contributed by atoms with Crippen molar-refractivity contribution in [3.8, 4) is 11.4 Å². The first-order valence-corrected chi connectivity index (χ1v) is 4.96. The second-order valence-electron chi connectivity index (χ2n) is 2.85. The molecular formula is C9H9BrN4. The van der Waals surface area contributed by atoms with Crippen LogP contribution >= 0.6 is 15.9 Å². The van der Waals surface area contributed by atoms with Gasteiger partial charge in [-0.2, -0.15) is 5.10 Å². The van der Waals surface area contributed by atoms with Crippen molar-refractivity contribution >= 4 is 15.9 Å². The molecule has 1 heterocycles. The minimum absolute atomic E-state index is 0.554. The van der Waals surface area contributed by atoms with E-state index in [-0.39, 0.29) is 0 Å². The van der Waals surface area contributed by atoms with Crippen molar-refractivity contribution in [2.75, 3.05) is 0 Å². The van der Waals surface area contributed by atoms with Crippen molar-refractivity contribution in [3.05, 3.63) is 34.6 Å². The van der Waals surface area contributed by atoms with E-state index in [0.717, 1.165) is 11.1 Å². The highest BCUT2D eigenvalue weighted by Crippen LogP contribution is 2.16. The van der Waals surface area contributed by atoms with E-state index < -0.39 is 0 Å². The molecular weight excluding hydrogens is 244 g/mol. The number of hydrogen-bond acceptors (Lipinski definition) is 3. The molecule has 72 valence electrons. The number of nitrogens with two attached hydrogens (primary N) is 1. The van der Waals surface area contributed by atoms with E-state index in [9.17, 15) is 0 Å². The number of rotatable bonds is 2. The van der Waals surface area contributed by atoms with Crippen LogP contribution in [0.1, 0.15) is 5.56 Å². The molecule has 5 heteroatoms. The van der Waals surface area contributed by atoms with Gasteiger partial charge < -0.3 is 5.73 Å². The average Bonchev–Trinajstić information content (AvgIpc) is 2.65. The third kappa shape index (κ3) is 1.83. The van der Waals surface area contributed by atoms with Gasteiger partial charge in [0.15, 0.2) is 10.6 Å². The summed E-state index contributed by atoms with van der Waals surface area (Å²) >= 11 is 3.21. The molecule has 2 rings (SSSR count). The molecule has 0 aliphatic rings. The van der Waals surface area contributed by atoms with Crippen molar-refractivity contribution < 1.29 is 0 Å². The predicted molar refractivity (Wildman–Crippen MR) is 57.4 cm³/mol. The molecule has 0 amide bonds. The Labute approximate surface area is 89.7 Å². The fourth-order valence-corrected chi connectivity index (χ4v) is 1.42. The van der Waals surface area contributed by atoms with Crippen LogP contribution in [0.3, 0.4) is 0 Å². The highest BCUT2D eigenvalue weighted by molar-refractivity contribution is 9.10. The number of benzene rings is 1. The summed E-state index contributed by atoms with van der Waals surface area (Å²) in [6, 6.07) is 7.86. The molecule has 4 nitrogen and oxygen atoms in total. The fourth-order valence-electron chi connectivity index (χ4n) is 1.16. The second-order valence-corrected chi connectivity index (χ2v) is 3.60. The lowest BCUT2D eigenvalue weighted by atomic mass is 10.1. The van der Waals surface area contributed by atoms with Crippen LogP contribution in [0.25, 0.3) is 11.4 Å². The van der Waals surface area contributed by atoms with Gasteiger partial charge in [0.25, 0.3) is 0 Å². The van der Waals surface area contributed by atoms with Gasteiger partial charge in [-0.3, -0.25) is 5.10 Å². The Balaban J connectivity index is 2.33. The minimum Gasteiger partial charge on any atom is -0.326 e. The molecule has 0 radical (unpaired) electrons. The smallest absolute Gasteiger partial charge is 0.193 e. The fraction of sp³-hybridized carbons (Fsp3) is 0.111. The Morgan fingerprint density at radius 2 is 2.00 bits per heavy atom. The molecule has 14 heavy (non-hydrogen) atoms. The largest absolute Gasteiger partial charge is 0.326 e. The number of nitrogens with one attached hydrogen (secondary N) is 1. The van der Waals surface area contributed by atoms with Gasteiger partial charge in [0.05, 0.1) is 0 Å². The highest BCUT2D eigenvalue weighted by atomic mass is 79.9. The van der Waals surface area contributed by atoms with Gasteiger partial charge in [0, 0.05) is 12.1 Å². The summed E-state index contributed by atoms with van der Waals surface area (Å²) in [6.07, 6.45) is 0. The van der Waals surface area contributed by atoms with Crippen LogP contribution in [0.2, 0.25) is 0 Å². The van der Waals surface area contributed by atoms with E-state index in [0.29, 0.717) is 17.1 Å². The molecule has 0 aliphatic carbocycles. The third-order valence-corrected chi connectivity index (χ3v) is 2.26. The molecule has 0 bridgehead atoms. The molecule has 0 unspecified atom stereocenters. The Morgan fingerprint density at radius 1 is 1.29 bits per heavy atom. The SMILES string of the molecule is NCc1ccc(-c2n[nH]c(Br)n2)cc1. The molecule has 1 aromatic carbocycles. The van der Waals surface area contributed by atoms with E-state index in [1.54, 1.807) is 0 Å². The van der Waals surface area contributed by atoms with E-state index in [2.05, 4.69) is 31.1 Å². The summed E-state index contributed by atoms with van der Waals surface area (Å²) in [5, 5.41) is 6.75. The van der Waals surface area contributed by atoms with E-state index in [4.69, 9.17) is 5.73 Å². The summed E-state index contributed by atoms with van der Waals surface area (Å²) in [7, 11) is 0. The number of hydrogen-bond donors (Lipinski definition) is 2. The van der Waals surface area contributed by atoms with E-state index in [1.807, 2.05) is 24.3 Å². The number of aromatic amines is 1. The Hall–Kier alpha value is -1.20. The maximum absolute atomic E-state index is 5.50. The molecule has 3 N–H and O–H groups in total. The standard InChI is InChI=1S/C9H9BrN4/c10-9-12-8(13-14-9)7-3-1-6(5-11)2-4-7/h1-4H,5,11H2,(H,12,13,14). The first-order valence-electron chi connectivity index (χ1n) is 4.17. The van der Waals surface area contributed by atoms with Crippen molar-refractivity contribution in [1.82, 2.24) is 15.2 Å². The quantitative estimate of drug-likeness (QED) is 0.855. The molecule has 0 atom stereocenters. The van der Waals surface area contributed by atoms with Gasteiger partial charge in [0.2, 0.25) is 0 Å². The normalized spacial score (nSPS) is 10.4. The van der Waals surface area contributed by atoms with Gasteiger partial charge in [-0.25, -0.2) is 4.98 Å². The van der Waals surface area contributed by atoms with Crippen LogP contribution in [0.5, 0.6) is 0 Å². The summed E-state index contributed by atoms with van der Waals surface area (Å²) in [5.74, 6) is 0.681. The summed E-state index contributed by atoms with van der Waals surface area (Å²) in [6.45, 7) is 0.554. The predicted octanol–water partition coefficient (Wildman–Crippen LogP) is 1.69. The lowest BCUT2D eigenvalue weighted by Crippen LogP contribution is -1.95. The summed E-state index contributed by atoms with van der Waals surface area (Å²) in [5.41, 5.74) is 7.57. The van der Waals surface area contributed by atoms with Gasteiger partial charge in [0.1, 0.15) is 0 Å². The van der Waals surface area contributed by atoms with Crippen molar-refractivity contribution in [2.24, 2.45) is 5.73 Å². The van der Waals surface area contributed by atoms with Crippen LogP contribution in [-0.2, 0) is 6.54 Å². The molecule has 0 saturated carbocycles. The first-order chi connectivity index (χ1) is 6.79. The van der Waals surface area contributed by atoms with Crippen molar-refractivity contribution in [2.45, 2.75) is 6.54 Å². The van der Waals surface area contributed by atoms with Crippen LogP contribution in [0.15, 0.2) is 29.0 Å². The Kier molecular flexibility index (Phi) is 2.60. The molecule has 2 aromatic rings. The molecule has 0 aliphatic heterocycles. The topological polar surface area (TPSA) is 67.6 Å². The Morgan fingerprint density at radius 3 is 2.50 bits per heavy atom. The molecule has 0 fully saturated rings. The van der Waals surface area contributed by atoms with Crippen molar-refractivity contribution in [3.63, 3.8) is 0 Å². The zero-order valence-electron chi connectivity index (χ0n) is 7.37. The number of H-pyrrole nitrogens is 1. The van der Waals surface area contributed by atoms with Gasteiger partial charge in [-0.1, -0.05) is 24.3 Å². The first kappa shape index (κ1) is 9.36. The molecule has 1 aromatic heterocycles. The maximum Gasteiger partial charge on any atom is 0.193 e. The third-order valence-electron chi connectivity index (χ3n) is 1.91. The van der Waals surface area contributed by atoms with Crippen LogP contribution in [0.4, 0.5) is 0 Å². The zero-order valence-corrected chi connectivity index (χ0v) is 8.95. The van der Waals surface area contributed by atoms with Gasteiger partial charge in [-0.05, 0) is 21.5 Å². The van der Waals surface area contributed by atoms with Gasteiger partial charge >= 0.3 is 0 Å². The summed E-state index contributed by atoms with van der Waals surface area (Å²) in [4.78, 5) is 4.16. The summed E-state index contributed by atoms with van der Waals surface area (Å²) < 4.78 is 0.635. The van der Waals surface area contributed by atoms with E-state index in [1.165, 1.54) is 0 Å². The number of nitrogens with zero attached hydrogens (tertiary/aromatic N) is 2. The zero-order chi connectivity index (χ0) is 9.97. The van der Waals surface area contributed by atoms with Crippen LogP contribution in [-0.4, -0.2) is 15.2 Å². The lowest BCUT2D eigenvalue weighted by molar-refractivity contribution is 1.06. The molecule has 0 saturated heterocycles. The minimum atomic E-state index is 0.554. The molecule has 0 spiro atoms. The number of halogens is 1. The van der Waals surface area contributed by atoms with Crippen LogP contribution < -0.4 is 5.73 Å². The monoisotopic (exact) mass is 252 g/mol. The highest BCUT2D eigenvalue weighted by Gasteiger charge is 2.03. The lowest BCUT2D eigenvalue weighted by Gasteiger charge is -1.97. The van der Waals surface area contributed by atoms with E-state index >= 15 is 0 Å².